The summed E-state index contributed by atoms with van der Waals surface area (Å²) in [5.74, 6) is -0.329. The van der Waals surface area contributed by atoms with Gasteiger partial charge in [-0.25, -0.2) is 4.79 Å². The van der Waals surface area contributed by atoms with Gasteiger partial charge < -0.3 is 17.2 Å². The zero-order valence-electron chi connectivity index (χ0n) is 14.7. The fourth-order valence-electron chi connectivity index (χ4n) is 1.08. The summed E-state index contributed by atoms with van der Waals surface area (Å²) in [5.41, 5.74) is 13.9. The SMILES string of the molecule is CC(C)(C)CC(=O)Cl.CC(C)(C)CC(=O)NC(N)=O.NC(N)=S. The van der Waals surface area contributed by atoms with Crippen LogP contribution < -0.4 is 22.5 Å². The van der Waals surface area contributed by atoms with Crippen LogP contribution in [0.15, 0.2) is 0 Å². The number of nitrogens with two attached hydrogens (primary N) is 3. The molecule has 0 atom stereocenters. The van der Waals surface area contributed by atoms with Gasteiger partial charge in [-0.1, -0.05) is 41.5 Å². The Morgan fingerprint density at radius 2 is 1.22 bits per heavy atom. The smallest absolute Gasteiger partial charge is 0.318 e. The number of halogens is 1. The summed E-state index contributed by atoms with van der Waals surface area (Å²) in [6.45, 7) is 11.7. The molecule has 0 bridgehead atoms. The molecule has 0 unspecified atom stereocenters. The maximum absolute atomic E-state index is 10.9. The number of hydrogen-bond acceptors (Lipinski definition) is 4. The van der Waals surface area contributed by atoms with Crippen molar-refractivity contribution in [2.45, 2.75) is 54.4 Å². The first kappa shape index (κ1) is 26.5. The second kappa shape index (κ2) is 12.1. The molecule has 0 aromatic heterocycles. The Labute approximate surface area is 148 Å². The third kappa shape index (κ3) is 44.9. The van der Waals surface area contributed by atoms with E-state index in [4.69, 9.17) is 17.3 Å². The molecule has 0 saturated heterocycles. The molecule has 23 heavy (non-hydrogen) atoms. The highest BCUT2D eigenvalue weighted by molar-refractivity contribution is 7.80. The van der Waals surface area contributed by atoms with Crippen LogP contribution in [-0.4, -0.2) is 22.3 Å². The average Bonchev–Trinajstić information content (AvgIpc) is 2.06. The van der Waals surface area contributed by atoms with E-state index in [2.05, 4.69) is 23.7 Å². The van der Waals surface area contributed by atoms with E-state index in [0.29, 0.717) is 12.8 Å². The molecular formula is C14H29ClN4O3S. The summed E-state index contributed by atoms with van der Waals surface area (Å²) >= 11 is 9.22. The number of hydrogen-bond donors (Lipinski definition) is 4. The van der Waals surface area contributed by atoms with Crippen LogP contribution in [0.1, 0.15) is 54.4 Å². The molecule has 9 heteroatoms. The van der Waals surface area contributed by atoms with Crippen molar-refractivity contribution in [1.82, 2.24) is 5.32 Å². The van der Waals surface area contributed by atoms with Crippen molar-refractivity contribution in [3.63, 3.8) is 0 Å². The van der Waals surface area contributed by atoms with E-state index in [1.54, 1.807) is 0 Å². The monoisotopic (exact) mass is 368 g/mol. The lowest BCUT2D eigenvalue weighted by atomic mass is 9.92. The average molecular weight is 369 g/mol. The quantitative estimate of drug-likeness (QED) is 0.433. The molecular weight excluding hydrogens is 340 g/mol. The number of nitrogens with one attached hydrogen (secondary N) is 1. The van der Waals surface area contributed by atoms with Crippen LogP contribution in [0.3, 0.4) is 0 Å². The van der Waals surface area contributed by atoms with Gasteiger partial charge in [0.05, 0.1) is 0 Å². The third-order valence-corrected chi connectivity index (χ3v) is 1.76. The fraction of sp³-hybridized carbons (Fsp3) is 0.714. The molecule has 0 aromatic rings. The Hall–Kier alpha value is -1.41. The summed E-state index contributed by atoms with van der Waals surface area (Å²) in [6.07, 6.45) is 0.754. The largest absolute Gasteiger partial charge is 0.377 e. The number of carbonyl (C=O) groups is 3. The minimum Gasteiger partial charge on any atom is -0.377 e. The Balaban J connectivity index is -0.000000292. The van der Waals surface area contributed by atoms with Crippen molar-refractivity contribution in [3.8, 4) is 0 Å². The van der Waals surface area contributed by atoms with Crippen molar-refractivity contribution in [2.24, 2.45) is 28.0 Å². The Morgan fingerprint density at radius 3 is 1.35 bits per heavy atom. The van der Waals surface area contributed by atoms with Gasteiger partial charge in [0.15, 0.2) is 5.11 Å². The second-order valence-corrected chi connectivity index (χ2v) is 8.04. The number of primary amides is 1. The first-order valence-electron chi connectivity index (χ1n) is 6.79. The number of amides is 3. The van der Waals surface area contributed by atoms with Crippen LogP contribution in [0.4, 0.5) is 4.79 Å². The lowest BCUT2D eigenvalue weighted by Crippen LogP contribution is -2.36. The predicted octanol–water partition coefficient (Wildman–Crippen LogP) is 1.99. The van der Waals surface area contributed by atoms with E-state index in [9.17, 15) is 14.4 Å². The van der Waals surface area contributed by atoms with Gasteiger partial charge in [0.1, 0.15) is 0 Å². The van der Waals surface area contributed by atoms with Crippen molar-refractivity contribution in [2.75, 3.05) is 0 Å². The predicted molar refractivity (Wildman–Crippen MR) is 97.7 cm³/mol. The Morgan fingerprint density at radius 1 is 0.913 bits per heavy atom. The van der Waals surface area contributed by atoms with Gasteiger partial charge in [-0.3, -0.25) is 14.9 Å². The lowest BCUT2D eigenvalue weighted by molar-refractivity contribution is -0.121. The minimum atomic E-state index is -0.792. The van der Waals surface area contributed by atoms with Gasteiger partial charge in [0, 0.05) is 12.8 Å². The number of thiocarbonyl (C=S) groups is 1. The van der Waals surface area contributed by atoms with Crippen molar-refractivity contribution >= 4 is 46.1 Å². The van der Waals surface area contributed by atoms with E-state index < -0.39 is 6.03 Å². The molecule has 0 aromatic carbocycles. The molecule has 0 rings (SSSR count). The van der Waals surface area contributed by atoms with Crippen LogP contribution in [0, 0.1) is 10.8 Å². The van der Waals surface area contributed by atoms with Crippen molar-refractivity contribution in [3.05, 3.63) is 0 Å². The van der Waals surface area contributed by atoms with Gasteiger partial charge in [0.2, 0.25) is 11.1 Å². The van der Waals surface area contributed by atoms with Crippen LogP contribution in [0.5, 0.6) is 0 Å². The van der Waals surface area contributed by atoms with E-state index in [-0.39, 0.29) is 27.1 Å². The van der Waals surface area contributed by atoms with E-state index >= 15 is 0 Å². The number of carbonyl (C=O) groups excluding carboxylic acids is 3. The molecule has 0 fully saturated rings. The van der Waals surface area contributed by atoms with Gasteiger partial charge in [-0.2, -0.15) is 0 Å². The standard InChI is InChI=1S/C7H14N2O2.C6H11ClO.CH4N2S/c1-7(2,3)4-5(10)9-6(8)11;1-6(2,3)4-5(7)8;2-1(3)4/h4H2,1-3H3,(H3,8,9,10,11);4H2,1-3H3;(H4,2,3,4). The van der Waals surface area contributed by atoms with Crippen LogP contribution >= 0.6 is 23.8 Å². The second-order valence-electron chi connectivity index (χ2n) is 7.14. The summed E-state index contributed by atoms with van der Waals surface area (Å²) in [4.78, 5) is 31.3. The first-order valence-corrected chi connectivity index (χ1v) is 7.57. The van der Waals surface area contributed by atoms with Crippen molar-refractivity contribution < 1.29 is 14.4 Å². The molecule has 0 aliphatic carbocycles. The number of urea groups is 1. The van der Waals surface area contributed by atoms with Crippen LogP contribution in [-0.2, 0) is 9.59 Å². The fourth-order valence-corrected chi connectivity index (χ4v) is 1.48. The topological polar surface area (TPSA) is 141 Å². The van der Waals surface area contributed by atoms with E-state index in [1.807, 2.05) is 46.9 Å². The van der Waals surface area contributed by atoms with Gasteiger partial charge in [-0.15, -0.1) is 0 Å². The Kier molecular flexibility index (Phi) is 13.9. The molecule has 0 heterocycles. The molecule has 3 amide bonds. The summed E-state index contributed by atoms with van der Waals surface area (Å²) < 4.78 is 0. The normalized spacial score (nSPS) is 10.2. The lowest BCUT2D eigenvalue weighted by Gasteiger charge is -2.15. The Bertz CT molecular complexity index is 411. The minimum absolute atomic E-state index is 0.000000000000000222. The van der Waals surface area contributed by atoms with E-state index in [1.165, 1.54) is 0 Å². The molecule has 0 spiro atoms. The zero-order chi connectivity index (χ0) is 19.4. The van der Waals surface area contributed by atoms with Gasteiger partial charge in [0.25, 0.3) is 0 Å². The van der Waals surface area contributed by atoms with Crippen molar-refractivity contribution in [1.29, 1.82) is 0 Å². The number of rotatable bonds is 2. The summed E-state index contributed by atoms with van der Waals surface area (Å²) in [6, 6.07) is -0.792. The third-order valence-electron chi connectivity index (χ3n) is 1.62. The van der Waals surface area contributed by atoms with Crippen LogP contribution in [0.25, 0.3) is 0 Å². The maximum atomic E-state index is 10.9. The molecule has 0 aliphatic rings. The highest BCUT2D eigenvalue weighted by atomic mass is 35.5. The number of imide groups is 1. The molecule has 0 saturated carbocycles. The van der Waals surface area contributed by atoms with E-state index in [0.717, 1.165) is 0 Å². The zero-order valence-corrected chi connectivity index (χ0v) is 16.2. The molecule has 0 radical (unpaired) electrons. The first-order chi connectivity index (χ1) is 9.96. The molecule has 0 aliphatic heterocycles. The highest BCUT2D eigenvalue weighted by Crippen LogP contribution is 2.19. The molecule has 7 N–H and O–H groups in total. The van der Waals surface area contributed by atoms with Gasteiger partial charge >= 0.3 is 6.03 Å². The molecule has 136 valence electrons. The maximum Gasteiger partial charge on any atom is 0.318 e. The van der Waals surface area contributed by atoms with Crippen LogP contribution in [0.2, 0.25) is 0 Å². The molecule has 7 nitrogen and oxygen atoms in total. The van der Waals surface area contributed by atoms with Gasteiger partial charge in [-0.05, 0) is 34.6 Å². The summed E-state index contributed by atoms with van der Waals surface area (Å²) in [7, 11) is 0. The highest BCUT2D eigenvalue weighted by Gasteiger charge is 2.16. The summed E-state index contributed by atoms with van der Waals surface area (Å²) in [5, 5.41) is 1.75.